The van der Waals surface area contributed by atoms with Crippen molar-refractivity contribution in [3.63, 3.8) is 0 Å². The van der Waals surface area contributed by atoms with E-state index in [0.717, 1.165) is 34.2 Å². The average molecular weight is 578 g/mol. The van der Waals surface area contributed by atoms with Gasteiger partial charge < -0.3 is 20.7 Å². The summed E-state index contributed by atoms with van der Waals surface area (Å²) >= 11 is 0. The van der Waals surface area contributed by atoms with Gasteiger partial charge in [0.05, 0.1) is 23.1 Å². The molecule has 4 heterocycles. The van der Waals surface area contributed by atoms with E-state index in [1.807, 2.05) is 66.9 Å². The summed E-state index contributed by atoms with van der Waals surface area (Å²) in [5, 5.41) is 23.5. The Hall–Kier alpha value is -5.52. The minimum Gasteiger partial charge on any atom is -0.482 e. The van der Waals surface area contributed by atoms with Crippen molar-refractivity contribution in [2.24, 2.45) is 0 Å². The normalized spacial score (nSPS) is 13.1. The highest BCUT2D eigenvalue weighted by Gasteiger charge is 2.20. The van der Waals surface area contributed by atoms with Crippen LogP contribution in [0.15, 0.2) is 61.3 Å². The van der Waals surface area contributed by atoms with Crippen LogP contribution in [0.3, 0.4) is 0 Å². The number of hydrogen-bond donors (Lipinski definition) is 4. The molecular weight excluding hydrogens is 546 g/mol. The standard InChI is InChI=1S/C31H31N9O3/c1-5-21-12-22(30-36-38-39-37-30)7-8-23(21)18(3)33-31(42)25-13-26(40-15-17(2)10-28(40)34-25)19(4)32-14-20-6-9-27-24(11-20)35-29(41)16-43-27/h6-13,15,18,32H,4-5,14,16H2,1-3H3,(H,33,42)(H,35,41)(H,36,37,38,39)/t18-/m0/s1. The van der Waals surface area contributed by atoms with Gasteiger partial charge in [0.1, 0.15) is 17.1 Å². The molecule has 1 aliphatic rings. The van der Waals surface area contributed by atoms with Crippen LogP contribution in [-0.2, 0) is 17.8 Å². The van der Waals surface area contributed by atoms with E-state index in [0.29, 0.717) is 40.8 Å². The van der Waals surface area contributed by atoms with Gasteiger partial charge >= 0.3 is 0 Å². The fourth-order valence-corrected chi connectivity index (χ4v) is 5.21. The zero-order chi connectivity index (χ0) is 30.1. The van der Waals surface area contributed by atoms with Crippen molar-refractivity contribution in [2.75, 3.05) is 11.9 Å². The van der Waals surface area contributed by atoms with Gasteiger partial charge in [-0.1, -0.05) is 31.7 Å². The summed E-state index contributed by atoms with van der Waals surface area (Å²) in [6, 6.07) is 15.0. The molecule has 3 aromatic heterocycles. The lowest BCUT2D eigenvalue weighted by molar-refractivity contribution is -0.118. The Bertz CT molecular complexity index is 1860. The fourth-order valence-electron chi connectivity index (χ4n) is 5.21. The number of fused-ring (bicyclic) bond motifs is 2. The summed E-state index contributed by atoms with van der Waals surface area (Å²) in [6.07, 6.45) is 2.73. The van der Waals surface area contributed by atoms with E-state index in [4.69, 9.17) is 4.74 Å². The maximum Gasteiger partial charge on any atom is 0.270 e. The van der Waals surface area contributed by atoms with E-state index in [1.165, 1.54) is 0 Å². The summed E-state index contributed by atoms with van der Waals surface area (Å²) in [7, 11) is 0. The second-order valence-electron chi connectivity index (χ2n) is 10.5. The third-order valence-electron chi connectivity index (χ3n) is 7.37. The smallest absolute Gasteiger partial charge is 0.270 e. The van der Waals surface area contributed by atoms with Gasteiger partial charge in [0.25, 0.3) is 11.8 Å². The van der Waals surface area contributed by atoms with Crippen LogP contribution in [0.2, 0.25) is 0 Å². The van der Waals surface area contributed by atoms with Crippen molar-refractivity contribution in [1.82, 2.24) is 40.6 Å². The number of anilines is 1. The van der Waals surface area contributed by atoms with Crippen LogP contribution in [0.5, 0.6) is 5.75 Å². The Labute approximate surface area is 247 Å². The van der Waals surface area contributed by atoms with Gasteiger partial charge in [0.15, 0.2) is 6.61 Å². The first-order valence-electron chi connectivity index (χ1n) is 13.9. The number of ether oxygens (including phenoxy) is 1. The lowest BCUT2D eigenvalue weighted by Crippen LogP contribution is -2.28. The van der Waals surface area contributed by atoms with Crippen molar-refractivity contribution in [3.05, 3.63) is 94.9 Å². The number of amides is 2. The number of aromatic nitrogens is 6. The van der Waals surface area contributed by atoms with Crippen LogP contribution in [-0.4, -0.2) is 48.4 Å². The third-order valence-corrected chi connectivity index (χ3v) is 7.37. The molecule has 0 unspecified atom stereocenters. The number of rotatable bonds is 9. The second-order valence-corrected chi connectivity index (χ2v) is 10.5. The highest BCUT2D eigenvalue weighted by atomic mass is 16.5. The number of tetrazole rings is 1. The quantitative estimate of drug-likeness (QED) is 0.205. The molecule has 12 nitrogen and oxygen atoms in total. The molecule has 43 heavy (non-hydrogen) atoms. The van der Waals surface area contributed by atoms with Crippen LogP contribution in [0, 0.1) is 6.92 Å². The first-order chi connectivity index (χ1) is 20.8. The maximum absolute atomic E-state index is 13.5. The molecule has 1 aliphatic heterocycles. The molecule has 12 heteroatoms. The Morgan fingerprint density at radius 1 is 1.19 bits per heavy atom. The highest BCUT2D eigenvalue weighted by Crippen LogP contribution is 2.29. The van der Waals surface area contributed by atoms with Crippen molar-refractivity contribution < 1.29 is 14.3 Å². The van der Waals surface area contributed by atoms with Gasteiger partial charge in [-0.15, -0.1) is 10.2 Å². The number of benzene rings is 2. The molecule has 4 N–H and O–H groups in total. The number of aryl methyl sites for hydroxylation is 2. The molecule has 0 aliphatic carbocycles. The van der Waals surface area contributed by atoms with E-state index >= 15 is 0 Å². The molecule has 0 bridgehead atoms. The lowest BCUT2D eigenvalue weighted by Gasteiger charge is -2.20. The topological polar surface area (TPSA) is 151 Å². The number of carbonyl (C=O) groups excluding carboxylic acids is 2. The Morgan fingerprint density at radius 2 is 2.05 bits per heavy atom. The SMILES string of the molecule is C=C(NCc1ccc2c(c1)NC(=O)CO2)c1cc(C(=O)N[C@@H](C)c2ccc(-c3nn[nH]n3)cc2CC)nc2cc(C)cn12. The van der Waals surface area contributed by atoms with E-state index in [9.17, 15) is 9.59 Å². The monoisotopic (exact) mass is 577 g/mol. The van der Waals surface area contributed by atoms with Gasteiger partial charge in [-0.25, -0.2) is 4.98 Å². The molecule has 0 saturated carbocycles. The summed E-state index contributed by atoms with van der Waals surface area (Å²) in [5.74, 6) is 0.681. The minimum atomic E-state index is -0.294. The zero-order valence-electron chi connectivity index (χ0n) is 24.1. The number of carbonyl (C=O) groups is 2. The molecule has 2 amide bonds. The number of aromatic amines is 1. The molecule has 1 atom stereocenters. The lowest BCUT2D eigenvalue weighted by atomic mass is 9.96. The molecular formula is C31H31N9O3. The first kappa shape index (κ1) is 27.6. The predicted octanol–water partition coefficient (Wildman–Crippen LogP) is 3.97. The average Bonchev–Trinajstić information content (AvgIpc) is 3.68. The summed E-state index contributed by atoms with van der Waals surface area (Å²) in [5.41, 5.74) is 7.76. The summed E-state index contributed by atoms with van der Waals surface area (Å²) in [4.78, 5) is 29.9. The van der Waals surface area contributed by atoms with E-state index in [-0.39, 0.29) is 30.2 Å². The van der Waals surface area contributed by atoms with E-state index < -0.39 is 0 Å². The van der Waals surface area contributed by atoms with Gasteiger partial charge in [0.2, 0.25) is 5.82 Å². The molecule has 6 rings (SSSR count). The maximum atomic E-state index is 13.5. The Kier molecular flexibility index (Phi) is 7.33. The predicted molar refractivity (Wildman–Crippen MR) is 161 cm³/mol. The van der Waals surface area contributed by atoms with E-state index in [2.05, 4.69) is 55.1 Å². The molecule has 0 saturated heterocycles. The van der Waals surface area contributed by atoms with Gasteiger partial charge in [0, 0.05) is 18.3 Å². The molecule has 0 radical (unpaired) electrons. The van der Waals surface area contributed by atoms with Crippen LogP contribution in [0.4, 0.5) is 5.69 Å². The number of nitrogens with zero attached hydrogens (tertiary/aromatic N) is 5. The van der Waals surface area contributed by atoms with Crippen molar-refractivity contribution in [2.45, 2.75) is 39.8 Å². The number of nitrogens with one attached hydrogen (secondary N) is 4. The zero-order valence-corrected chi connectivity index (χ0v) is 24.1. The van der Waals surface area contributed by atoms with Crippen LogP contribution in [0.1, 0.15) is 58.3 Å². The van der Waals surface area contributed by atoms with Crippen LogP contribution >= 0.6 is 0 Å². The molecule has 2 aromatic carbocycles. The number of H-pyrrole nitrogens is 1. The van der Waals surface area contributed by atoms with Gasteiger partial charge in [-0.3, -0.25) is 14.0 Å². The third kappa shape index (κ3) is 5.67. The Balaban J connectivity index is 1.21. The number of hydrogen-bond acceptors (Lipinski definition) is 8. The minimum absolute atomic E-state index is 0.0119. The van der Waals surface area contributed by atoms with Crippen molar-refractivity contribution >= 4 is 28.8 Å². The van der Waals surface area contributed by atoms with Crippen LogP contribution in [0.25, 0.3) is 22.7 Å². The second kappa shape index (κ2) is 11.4. The summed E-state index contributed by atoms with van der Waals surface area (Å²) in [6.45, 7) is 10.7. The molecule has 218 valence electrons. The first-order valence-corrected chi connectivity index (χ1v) is 13.9. The molecule has 0 spiro atoms. The van der Waals surface area contributed by atoms with Gasteiger partial charge in [-0.2, -0.15) is 5.21 Å². The van der Waals surface area contributed by atoms with Crippen molar-refractivity contribution in [3.8, 4) is 17.1 Å². The van der Waals surface area contributed by atoms with Gasteiger partial charge in [-0.05, 0) is 78.1 Å². The molecule has 5 aromatic rings. The fraction of sp³-hybridized carbons (Fsp3) is 0.226. The van der Waals surface area contributed by atoms with Crippen molar-refractivity contribution in [1.29, 1.82) is 0 Å². The Morgan fingerprint density at radius 3 is 2.84 bits per heavy atom. The summed E-state index contributed by atoms with van der Waals surface area (Å²) < 4.78 is 7.37. The van der Waals surface area contributed by atoms with Crippen LogP contribution < -0.4 is 20.7 Å². The molecule has 0 fully saturated rings. The van der Waals surface area contributed by atoms with E-state index in [1.54, 1.807) is 6.07 Å². The highest BCUT2D eigenvalue weighted by molar-refractivity contribution is 5.95. The largest absolute Gasteiger partial charge is 0.482 e.